The number of sulfonamides is 1. The summed E-state index contributed by atoms with van der Waals surface area (Å²) in [7, 11) is -3.53. The van der Waals surface area contributed by atoms with E-state index >= 15 is 0 Å². The van der Waals surface area contributed by atoms with Gasteiger partial charge >= 0.3 is 0 Å². The van der Waals surface area contributed by atoms with Crippen molar-refractivity contribution in [3.63, 3.8) is 0 Å². The van der Waals surface area contributed by atoms with Crippen LogP contribution in [-0.2, 0) is 16.4 Å². The number of nitrogens with one attached hydrogen (secondary N) is 1. The molecule has 0 unspecified atom stereocenters. The molecule has 0 fully saturated rings. The molecule has 2 rings (SSSR count). The molecule has 0 heterocycles. The third-order valence-electron chi connectivity index (χ3n) is 2.69. The molecule has 2 aromatic rings. The second kappa shape index (κ2) is 7.28. The fourth-order valence-corrected chi connectivity index (χ4v) is 2.78. The fraction of sp³-hybridized carbons (Fsp3) is 0.143. The summed E-state index contributed by atoms with van der Waals surface area (Å²) < 4.78 is 26.8. The Morgan fingerprint density at radius 1 is 0.950 bits per heavy atom. The largest absolute Gasteiger partial charge is 0.330 e. The van der Waals surface area contributed by atoms with Crippen molar-refractivity contribution in [3.05, 3.63) is 60.2 Å². The quantitative estimate of drug-likeness (QED) is 0.890. The Kier molecular flexibility index (Phi) is 6.01. The standard InChI is InChI=1S/C14H16N2O2S.ClH/c15-11-10-12-6-8-14(9-7-12)19(17,18)16-13-4-2-1-3-5-13;/h1-9,16H,10-11,15H2;1H. The molecule has 0 aliphatic carbocycles. The number of hydrogen-bond donors (Lipinski definition) is 2. The van der Waals surface area contributed by atoms with Crippen molar-refractivity contribution < 1.29 is 8.42 Å². The van der Waals surface area contributed by atoms with E-state index in [9.17, 15) is 8.42 Å². The van der Waals surface area contributed by atoms with Crippen molar-refractivity contribution >= 4 is 28.1 Å². The van der Waals surface area contributed by atoms with Crippen LogP contribution in [0.15, 0.2) is 59.5 Å². The minimum atomic E-state index is -3.53. The van der Waals surface area contributed by atoms with Gasteiger partial charge in [-0.05, 0) is 42.8 Å². The number of nitrogens with two attached hydrogens (primary N) is 1. The molecule has 0 radical (unpaired) electrons. The van der Waals surface area contributed by atoms with Crippen molar-refractivity contribution in [1.29, 1.82) is 0 Å². The van der Waals surface area contributed by atoms with E-state index < -0.39 is 10.0 Å². The number of halogens is 1. The first-order chi connectivity index (χ1) is 9.12. The monoisotopic (exact) mass is 312 g/mol. The maximum Gasteiger partial charge on any atom is 0.261 e. The molecular formula is C14H17ClN2O2S. The molecule has 0 saturated heterocycles. The Morgan fingerprint density at radius 2 is 1.55 bits per heavy atom. The van der Waals surface area contributed by atoms with E-state index in [1.54, 1.807) is 48.5 Å². The van der Waals surface area contributed by atoms with Gasteiger partial charge in [0.05, 0.1) is 4.90 Å². The zero-order valence-corrected chi connectivity index (χ0v) is 12.5. The maximum atomic E-state index is 12.1. The summed E-state index contributed by atoms with van der Waals surface area (Å²) >= 11 is 0. The van der Waals surface area contributed by atoms with Gasteiger partial charge in [0.1, 0.15) is 0 Å². The highest BCUT2D eigenvalue weighted by atomic mass is 35.5. The summed E-state index contributed by atoms with van der Waals surface area (Å²) in [5.41, 5.74) is 7.03. The number of anilines is 1. The van der Waals surface area contributed by atoms with Gasteiger partial charge in [-0.1, -0.05) is 30.3 Å². The van der Waals surface area contributed by atoms with E-state index in [0.29, 0.717) is 12.2 Å². The first kappa shape index (κ1) is 16.5. The predicted molar refractivity (Wildman–Crippen MR) is 83.7 cm³/mol. The van der Waals surface area contributed by atoms with Crippen LogP contribution in [0.5, 0.6) is 0 Å². The summed E-state index contributed by atoms with van der Waals surface area (Å²) in [6.07, 6.45) is 0.743. The molecule has 108 valence electrons. The molecule has 0 bridgehead atoms. The van der Waals surface area contributed by atoms with Crippen LogP contribution in [0.2, 0.25) is 0 Å². The predicted octanol–water partition coefficient (Wildman–Crippen LogP) is 2.41. The third kappa shape index (κ3) is 4.23. The van der Waals surface area contributed by atoms with E-state index in [4.69, 9.17) is 5.73 Å². The zero-order chi connectivity index (χ0) is 13.7. The summed E-state index contributed by atoms with van der Waals surface area (Å²) in [5.74, 6) is 0. The number of hydrogen-bond acceptors (Lipinski definition) is 3. The number of benzene rings is 2. The molecule has 6 heteroatoms. The molecule has 0 amide bonds. The van der Waals surface area contributed by atoms with Gasteiger partial charge in [-0.25, -0.2) is 8.42 Å². The maximum absolute atomic E-state index is 12.1. The van der Waals surface area contributed by atoms with Crippen LogP contribution in [-0.4, -0.2) is 15.0 Å². The molecule has 0 saturated carbocycles. The minimum absolute atomic E-state index is 0. The summed E-state index contributed by atoms with van der Waals surface area (Å²) in [5, 5.41) is 0. The van der Waals surface area contributed by atoms with E-state index in [1.807, 2.05) is 6.07 Å². The molecular weight excluding hydrogens is 296 g/mol. The fourth-order valence-electron chi connectivity index (χ4n) is 1.72. The lowest BCUT2D eigenvalue weighted by molar-refractivity contribution is 0.601. The molecule has 0 aliphatic rings. The van der Waals surface area contributed by atoms with Crippen LogP contribution in [0.3, 0.4) is 0 Å². The Balaban J connectivity index is 0.00000200. The zero-order valence-electron chi connectivity index (χ0n) is 10.8. The smallest absolute Gasteiger partial charge is 0.261 e. The van der Waals surface area contributed by atoms with Crippen LogP contribution in [0.25, 0.3) is 0 Å². The third-order valence-corrected chi connectivity index (χ3v) is 4.09. The minimum Gasteiger partial charge on any atom is -0.330 e. The summed E-state index contributed by atoms with van der Waals surface area (Å²) in [6.45, 7) is 0.550. The first-order valence-corrected chi connectivity index (χ1v) is 7.47. The van der Waals surface area contributed by atoms with Crippen LogP contribution < -0.4 is 10.5 Å². The first-order valence-electron chi connectivity index (χ1n) is 5.99. The van der Waals surface area contributed by atoms with Crippen molar-refractivity contribution in [2.75, 3.05) is 11.3 Å². The van der Waals surface area contributed by atoms with Crippen molar-refractivity contribution in [2.24, 2.45) is 5.73 Å². The van der Waals surface area contributed by atoms with Gasteiger partial charge in [-0.3, -0.25) is 4.72 Å². The Labute approximate surface area is 125 Å². The van der Waals surface area contributed by atoms with Gasteiger partial charge in [-0.15, -0.1) is 12.4 Å². The molecule has 0 atom stereocenters. The molecule has 0 spiro atoms. The number of para-hydroxylation sites is 1. The molecule has 0 aromatic heterocycles. The highest BCUT2D eigenvalue weighted by Crippen LogP contribution is 2.16. The lowest BCUT2D eigenvalue weighted by Crippen LogP contribution is -2.13. The van der Waals surface area contributed by atoms with Gasteiger partial charge in [0, 0.05) is 5.69 Å². The second-order valence-electron chi connectivity index (χ2n) is 4.15. The van der Waals surface area contributed by atoms with E-state index in [1.165, 1.54) is 0 Å². The SMILES string of the molecule is Cl.NCCc1ccc(S(=O)(=O)Nc2ccccc2)cc1. The van der Waals surface area contributed by atoms with Gasteiger partial charge in [0.2, 0.25) is 0 Å². The van der Waals surface area contributed by atoms with Gasteiger partial charge in [0.25, 0.3) is 10.0 Å². The molecule has 0 aliphatic heterocycles. The summed E-state index contributed by atoms with van der Waals surface area (Å²) in [4.78, 5) is 0.247. The van der Waals surface area contributed by atoms with E-state index in [-0.39, 0.29) is 17.3 Å². The van der Waals surface area contributed by atoms with Gasteiger partial charge < -0.3 is 5.73 Å². The van der Waals surface area contributed by atoms with Crippen LogP contribution in [0, 0.1) is 0 Å². The van der Waals surface area contributed by atoms with E-state index in [2.05, 4.69) is 4.72 Å². The van der Waals surface area contributed by atoms with Gasteiger partial charge in [-0.2, -0.15) is 0 Å². The lowest BCUT2D eigenvalue weighted by atomic mass is 10.2. The molecule has 3 N–H and O–H groups in total. The molecule has 20 heavy (non-hydrogen) atoms. The highest BCUT2D eigenvalue weighted by Gasteiger charge is 2.13. The molecule has 2 aromatic carbocycles. The Morgan fingerprint density at radius 3 is 2.10 bits per heavy atom. The van der Waals surface area contributed by atoms with Crippen molar-refractivity contribution in [3.8, 4) is 0 Å². The van der Waals surface area contributed by atoms with Crippen LogP contribution >= 0.6 is 12.4 Å². The summed E-state index contributed by atoms with van der Waals surface area (Å²) in [6, 6.07) is 15.6. The van der Waals surface area contributed by atoms with Crippen LogP contribution in [0.4, 0.5) is 5.69 Å². The van der Waals surface area contributed by atoms with Crippen molar-refractivity contribution in [2.45, 2.75) is 11.3 Å². The number of rotatable bonds is 5. The topological polar surface area (TPSA) is 72.2 Å². The second-order valence-corrected chi connectivity index (χ2v) is 5.84. The highest BCUT2D eigenvalue weighted by molar-refractivity contribution is 7.92. The average molecular weight is 313 g/mol. The lowest BCUT2D eigenvalue weighted by Gasteiger charge is -2.08. The Bertz CT molecular complexity index is 628. The van der Waals surface area contributed by atoms with E-state index in [0.717, 1.165) is 12.0 Å². The molecule has 4 nitrogen and oxygen atoms in total. The average Bonchev–Trinajstić information content (AvgIpc) is 2.40. The Hall–Kier alpha value is -1.56. The van der Waals surface area contributed by atoms with Gasteiger partial charge in [0.15, 0.2) is 0 Å². The van der Waals surface area contributed by atoms with Crippen molar-refractivity contribution in [1.82, 2.24) is 0 Å². The van der Waals surface area contributed by atoms with Crippen LogP contribution in [0.1, 0.15) is 5.56 Å². The normalized spacial score (nSPS) is 10.7.